The first-order chi connectivity index (χ1) is 10.1. The highest BCUT2D eigenvalue weighted by Gasteiger charge is 2.19. The molecule has 0 amide bonds. The van der Waals surface area contributed by atoms with Crippen molar-refractivity contribution in [2.24, 2.45) is 5.92 Å². The van der Waals surface area contributed by atoms with Gasteiger partial charge in [0.1, 0.15) is 0 Å². The lowest BCUT2D eigenvalue weighted by molar-refractivity contribution is 0.0837. The maximum Gasteiger partial charge on any atom is 0.176 e. The lowest BCUT2D eigenvalue weighted by atomic mass is 10.1. The maximum atomic E-state index is 12.3. The molecule has 3 nitrogen and oxygen atoms in total. The summed E-state index contributed by atoms with van der Waals surface area (Å²) in [5, 5.41) is 0. The summed E-state index contributed by atoms with van der Waals surface area (Å²) in [5.74, 6) is 0.952. The van der Waals surface area contributed by atoms with Gasteiger partial charge >= 0.3 is 0 Å². The number of Topliss-reactive ketones (excluding diaryl/α,β-unsaturated/α-hetero) is 1. The van der Waals surface area contributed by atoms with Crippen molar-refractivity contribution in [2.75, 3.05) is 45.5 Å². The van der Waals surface area contributed by atoms with E-state index in [0.717, 1.165) is 38.3 Å². The number of piperazine rings is 1. The van der Waals surface area contributed by atoms with Crippen LogP contribution in [0.15, 0.2) is 29.2 Å². The molecule has 1 aromatic carbocycles. The first-order valence-electron chi connectivity index (χ1n) is 7.70. The SMILES string of the molecule is CSc1ccc(C(=O)CN2CCN(CC(C)C)CC2)cc1. The van der Waals surface area contributed by atoms with Gasteiger partial charge in [0.05, 0.1) is 6.54 Å². The van der Waals surface area contributed by atoms with Gasteiger partial charge in [0, 0.05) is 43.2 Å². The third-order valence-electron chi connectivity index (χ3n) is 3.87. The number of rotatable bonds is 6. The average molecular weight is 306 g/mol. The van der Waals surface area contributed by atoms with Crippen LogP contribution in [0.2, 0.25) is 0 Å². The molecular formula is C17H26N2OS. The second-order valence-corrected chi connectivity index (χ2v) is 7.00. The third-order valence-corrected chi connectivity index (χ3v) is 4.61. The van der Waals surface area contributed by atoms with Crippen LogP contribution in [-0.2, 0) is 0 Å². The monoisotopic (exact) mass is 306 g/mol. The molecule has 0 saturated carbocycles. The Balaban J connectivity index is 1.81. The van der Waals surface area contributed by atoms with Gasteiger partial charge in [-0.3, -0.25) is 9.69 Å². The minimum atomic E-state index is 0.236. The number of benzene rings is 1. The fourth-order valence-electron chi connectivity index (χ4n) is 2.72. The summed E-state index contributed by atoms with van der Waals surface area (Å²) in [6.45, 7) is 10.4. The first kappa shape index (κ1) is 16.5. The Bertz CT molecular complexity index is 450. The maximum absolute atomic E-state index is 12.3. The van der Waals surface area contributed by atoms with Crippen LogP contribution >= 0.6 is 11.8 Å². The van der Waals surface area contributed by atoms with Gasteiger partial charge in [0.2, 0.25) is 0 Å². The Morgan fingerprint density at radius 3 is 2.19 bits per heavy atom. The molecule has 116 valence electrons. The van der Waals surface area contributed by atoms with Crippen molar-refractivity contribution in [1.29, 1.82) is 0 Å². The van der Waals surface area contributed by atoms with E-state index in [4.69, 9.17) is 0 Å². The van der Waals surface area contributed by atoms with Crippen LogP contribution in [0, 0.1) is 5.92 Å². The van der Waals surface area contributed by atoms with Crippen LogP contribution in [0.4, 0.5) is 0 Å². The summed E-state index contributed by atoms with van der Waals surface area (Å²) >= 11 is 1.70. The van der Waals surface area contributed by atoms with Gasteiger partial charge in [-0.2, -0.15) is 0 Å². The van der Waals surface area contributed by atoms with Gasteiger partial charge in [0.15, 0.2) is 5.78 Å². The Morgan fingerprint density at radius 2 is 1.67 bits per heavy atom. The topological polar surface area (TPSA) is 23.6 Å². The highest BCUT2D eigenvalue weighted by Crippen LogP contribution is 2.15. The van der Waals surface area contributed by atoms with E-state index in [1.807, 2.05) is 30.5 Å². The highest BCUT2D eigenvalue weighted by atomic mass is 32.2. The largest absolute Gasteiger partial charge is 0.301 e. The van der Waals surface area contributed by atoms with Crippen LogP contribution in [-0.4, -0.2) is 61.1 Å². The van der Waals surface area contributed by atoms with Crippen molar-refractivity contribution in [1.82, 2.24) is 9.80 Å². The molecule has 0 spiro atoms. The molecule has 1 fully saturated rings. The molecule has 0 aliphatic carbocycles. The zero-order valence-corrected chi connectivity index (χ0v) is 14.2. The molecule has 21 heavy (non-hydrogen) atoms. The second kappa shape index (κ2) is 7.97. The number of carbonyl (C=O) groups excluding carboxylic acids is 1. The molecule has 2 rings (SSSR count). The summed E-state index contributed by atoms with van der Waals surface area (Å²) in [4.78, 5) is 18.3. The molecule has 4 heteroatoms. The van der Waals surface area contributed by atoms with Crippen molar-refractivity contribution in [2.45, 2.75) is 18.7 Å². The predicted molar refractivity (Wildman–Crippen MR) is 90.3 cm³/mol. The van der Waals surface area contributed by atoms with Crippen molar-refractivity contribution in [3.63, 3.8) is 0 Å². The standard InChI is InChI=1S/C17H26N2OS/c1-14(2)12-18-8-10-19(11-9-18)13-17(20)15-4-6-16(21-3)7-5-15/h4-7,14H,8-13H2,1-3H3. The first-order valence-corrected chi connectivity index (χ1v) is 8.93. The molecule has 1 heterocycles. The predicted octanol–water partition coefficient (Wildman–Crippen LogP) is 2.86. The Hall–Kier alpha value is -0.840. The van der Waals surface area contributed by atoms with Crippen molar-refractivity contribution in [3.8, 4) is 0 Å². The molecule has 0 unspecified atom stereocenters. The Kier molecular flexibility index (Phi) is 6.27. The van der Waals surface area contributed by atoms with E-state index in [9.17, 15) is 4.79 Å². The van der Waals surface area contributed by atoms with Crippen molar-refractivity contribution < 1.29 is 4.79 Å². The minimum absolute atomic E-state index is 0.236. The number of hydrogen-bond acceptors (Lipinski definition) is 4. The second-order valence-electron chi connectivity index (χ2n) is 6.12. The average Bonchev–Trinajstić information content (AvgIpc) is 2.49. The summed E-state index contributed by atoms with van der Waals surface area (Å²) in [7, 11) is 0. The zero-order valence-electron chi connectivity index (χ0n) is 13.3. The number of ketones is 1. The normalized spacial score (nSPS) is 17.3. The molecule has 1 aromatic rings. The quantitative estimate of drug-likeness (QED) is 0.595. The van der Waals surface area contributed by atoms with Crippen molar-refractivity contribution in [3.05, 3.63) is 29.8 Å². The molecule has 0 N–H and O–H groups in total. The summed E-state index contributed by atoms with van der Waals surface area (Å²) in [6.07, 6.45) is 2.05. The van der Waals surface area contributed by atoms with Crippen LogP contribution in [0.1, 0.15) is 24.2 Å². The van der Waals surface area contributed by atoms with E-state index in [1.54, 1.807) is 11.8 Å². The molecule has 0 aromatic heterocycles. The number of hydrogen-bond donors (Lipinski definition) is 0. The van der Waals surface area contributed by atoms with Gasteiger partial charge < -0.3 is 4.90 Å². The van der Waals surface area contributed by atoms with Crippen LogP contribution in [0.5, 0.6) is 0 Å². The van der Waals surface area contributed by atoms with E-state index in [-0.39, 0.29) is 5.78 Å². The summed E-state index contributed by atoms with van der Waals surface area (Å²) < 4.78 is 0. The van der Waals surface area contributed by atoms with E-state index >= 15 is 0 Å². The molecule has 0 atom stereocenters. The number of thioether (sulfide) groups is 1. The van der Waals surface area contributed by atoms with Crippen molar-refractivity contribution >= 4 is 17.5 Å². The molecule has 1 aliphatic rings. The Labute approximate surface area is 132 Å². The van der Waals surface area contributed by atoms with Crippen LogP contribution in [0.25, 0.3) is 0 Å². The van der Waals surface area contributed by atoms with E-state index < -0.39 is 0 Å². The third kappa shape index (κ3) is 5.13. The fourth-order valence-corrected chi connectivity index (χ4v) is 3.13. The van der Waals surface area contributed by atoms with E-state index in [2.05, 4.69) is 23.6 Å². The smallest absolute Gasteiger partial charge is 0.176 e. The van der Waals surface area contributed by atoms with E-state index in [0.29, 0.717) is 12.5 Å². The van der Waals surface area contributed by atoms with Gasteiger partial charge in [0.25, 0.3) is 0 Å². The number of nitrogens with zero attached hydrogens (tertiary/aromatic N) is 2. The molecular weight excluding hydrogens is 280 g/mol. The fraction of sp³-hybridized carbons (Fsp3) is 0.588. The van der Waals surface area contributed by atoms with Gasteiger partial charge in [-0.05, 0) is 24.3 Å². The lowest BCUT2D eigenvalue weighted by Gasteiger charge is -2.35. The minimum Gasteiger partial charge on any atom is -0.301 e. The van der Waals surface area contributed by atoms with E-state index in [1.165, 1.54) is 4.90 Å². The van der Waals surface area contributed by atoms with Gasteiger partial charge in [-0.1, -0.05) is 26.0 Å². The lowest BCUT2D eigenvalue weighted by Crippen LogP contribution is -2.48. The molecule has 0 radical (unpaired) electrons. The summed E-state index contributed by atoms with van der Waals surface area (Å²) in [6, 6.07) is 7.95. The summed E-state index contributed by atoms with van der Waals surface area (Å²) in [5.41, 5.74) is 0.831. The molecule has 0 bridgehead atoms. The van der Waals surface area contributed by atoms with Crippen LogP contribution < -0.4 is 0 Å². The zero-order chi connectivity index (χ0) is 15.2. The van der Waals surface area contributed by atoms with Crippen LogP contribution in [0.3, 0.4) is 0 Å². The number of carbonyl (C=O) groups is 1. The Morgan fingerprint density at radius 1 is 1.10 bits per heavy atom. The van der Waals surface area contributed by atoms with Gasteiger partial charge in [-0.25, -0.2) is 0 Å². The molecule has 1 aliphatic heterocycles. The highest BCUT2D eigenvalue weighted by molar-refractivity contribution is 7.98. The van der Waals surface area contributed by atoms with Gasteiger partial charge in [-0.15, -0.1) is 11.8 Å². The molecule has 1 saturated heterocycles.